The van der Waals surface area contributed by atoms with E-state index < -0.39 is 0 Å². The fourth-order valence-electron chi connectivity index (χ4n) is 1.94. The maximum Gasteiger partial charge on any atom is 0.251 e. The van der Waals surface area contributed by atoms with Crippen LogP contribution in [-0.4, -0.2) is 24.6 Å². The van der Waals surface area contributed by atoms with Crippen molar-refractivity contribution in [3.05, 3.63) is 63.6 Å². The first-order valence-corrected chi connectivity index (χ1v) is 9.04. The van der Waals surface area contributed by atoms with Gasteiger partial charge in [-0.15, -0.1) is 11.8 Å². The molecule has 0 radical (unpaired) electrons. The number of carbonyl (C=O) groups is 2. The Morgan fingerprint density at radius 1 is 1.04 bits per heavy atom. The highest BCUT2D eigenvalue weighted by Gasteiger charge is 2.06. The lowest BCUT2D eigenvalue weighted by atomic mass is 10.2. The van der Waals surface area contributed by atoms with E-state index in [9.17, 15) is 9.59 Å². The fraction of sp³-hybridized carbons (Fsp3) is 0.176. The van der Waals surface area contributed by atoms with E-state index in [1.807, 2.05) is 6.07 Å². The van der Waals surface area contributed by atoms with Crippen molar-refractivity contribution in [2.75, 3.05) is 18.1 Å². The molecule has 2 amide bonds. The van der Waals surface area contributed by atoms with E-state index in [2.05, 4.69) is 10.6 Å². The number of carbonyl (C=O) groups excluding carboxylic acids is 2. The Balaban J connectivity index is 1.80. The summed E-state index contributed by atoms with van der Waals surface area (Å²) >= 11 is 13.3. The molecule has 7 heteroatoms. The van der Waals surface area contributed by atoms with E-state index in [0.29, 0.717) is 32.8 Å². The van der Waals surface area contributed by atoms with E-state index in [4.69, 9.17) is 23.2 Å². The summed E-state index contributed by atoms with van der Waals surface area (Å²) < 4.78 is 0. The molecule has 2 rings (SSSR count). The molecule has 0 atom stereocenters. The molecule has 0 fully saturated rings. The van der Waals surface area contributed by atoms with Crippen molar-refractivity contribution in [1.29, 1.82) is 0 Å². The normalized spacial score (nSPS) is 10.3. The van der Waals surface area contributed by atoms with Crippen LogP contribution in [0, 0.1) is 0 Å². The molecule has 0 aromatic heterocycles. The molecule has 0 aliphatic rings. The molecular formula is C17H16Cl2N2O2S. The second-order valence-electron chi connectivity index (χ2n) is 4.95. The van der Waals surface area contributed by atoms with Crippen LogP contribution in [-0.2, 0) is 10.5 Å². The lowest BCUT2D eigenvalue weighted by Crippen LogP contribution is -2.18. The van der Waals surface area contributed by atoms with Gasteiger partial charge in [0.2, 0.25) is 5.91 Å². The Morgan fingerprint density at radius 3 is 2.38 bits per heavy atom. The summed E-state index contributed by atoms with van der Waals surface area (Å²) in [5, 5.41) is 6.37. The van der Waals surface area contributed by atoms with Crippen molar-refractivity contribution in [3.63, 3.8) is 0 Å². The number of thioether (sulfide) groups is 1. The lowest BCUT2D eigenvalue weighted by Gasteiger charge is -2.07. The van der Waals surface area contributed by atoms with E-state index >= 15 is 0 Å². The van der Waals surface area contributed by atoms with E-state index in [1.165, 1.54) is 11.8 Å². The Bertz CT molecular complexity index is 736. The summed E-state index contributed by atoms with van der Waals surface area (Å²) in [4.78, 5) is 23.4. The molecule has 0 aliphatic heterocycles. The maximum absolute atomic E-state index is 11.9. The predicted octanol–water partition coefficient (Wildman–Crippen LogP) is 4.22. The van der Waals surface area contributed by atoms with Crippen LogP contribution >= 0.6 is 35.0 Å². The van der Waals surface area contributed by atoms with Crippen LogP contribution in [0.3, 0.4) is 0 Å². The van der Waals surface area contributed by atoms with Crippen molar-refractivity contribution >= 4 is 52.5 Å². The standard InChI is InChI=1S/C17H16Cl2N2O2S/c1-20-17(23)12-3-5-13(6-4-12)21-16(22)10-24-9-11-2-7-14(18)15(19)8-11/h2-8H,9-10H2,1H3,(H,20,23)(H,21,22). The highest BCUT2D eigenvalue weighted by molar-refractivity contribution is 7.99. The minimum Gasteiger partial charge on any atom is -0.355 e. The molecule has 24 heavy (non-hydrogen) atoms. The minimum absolute atomic E-state index is 0.104. The lowest BCUT2D eigenvalue weighted by molar-refractivity contribution is -0.113. The van der Waals surface area contributed by atoms with Crippen LogP contribution < -0.4 is 10.6 Å². The third kappa shape index (κ3) is 5.44. The first-order valence-electron chi connectivity index (χ1n) is 7.13. The zero-order chi connectivity index (χ0) is 17.5. The summed E-state index contributed by atoms with van der Waals surface area (Å²) in [7, 11) is 1.57. The fourth-order valence-corrected chi connectivity index (χ4v) is 3.03. The van der Waals surface area contributed by atoms with Gasteiger partial charge in [0.15, 0.2) is 0 Å². The summed E-state index contributed by atoms with van der Waals surface area (Å²) in [6.45, 7) is 0. The summed E-state index contributed by atoms with van der Waals surface area (Å²) in [5.41, 5.74) is 2.21. The molecule has 0 heterocycles. The molecule has 126 valence electrons. The molecule has 0 unspecified atom stereocenters. The van der Waals surface area contributed by atoms with E-state index in [-0.39, 0.29) is 11.8 Å². The van der Waals surface area contributed by atoms with Gasteiger partial charge >= 0.3 is 0 Å². The topological polar surface area (TPSA) is 58.2 Å². The number of benzene rings is 2. The number of amides is 2. The first kappa shape index (κ1) is 18.6. The number of halogens is 2. The van der Waals surface area contributed by atoms with Crippen molar-refractivity contribution in [3.8, 4) is 0 Å². The van der Waals surface area contributed by atoms with Crippen LogP contribution in [0.5, 0.6) is 0 Å². The maximum atomic E-state index is 11.9. The second kappa shape index (κ2) is 8.97. The number of hydrogen-bond acceptors (Lipinski definition) is 3. The monoisotopic (exact) mass is 382 g/mol. The molecule has 0 bridgehead atoms. The van der Waals surface area contributed by atoms with Crippen molar-refractivity contribution < 1.29 is 9.59 Å². The average Bonchev–Trinajstić information content (AvgIpc) is 2.58. The average molecular weight is 383 g/mol. The Hall–Kier alpha value is -1.69. The van der Waals surface area contributed by atoms with E-state index in [0.717, 1.165) is 5.56 Å². The molecule has 0 saturated carbocycles. The van der Waals surface area contributed by atoms with Gasteiger partial charge in [-0.2, -0.15) is 0 Å². The van der Waals surface area contributed by atoms with Crippen LogP contribution in [0.4, 0.5) is 5.69 Å². The zero-order valence-electron chi connectivity index (χ0n) is 12.9. The van der Waals surface area contributed by atoms with Crippen LogP contribution in [0.2, 0.25) is 10.0 Å². The van der Waals surface area contributed by atoms with Gasteiger partial charge in [-0.25, -0.2) is 0 Å². The molecule has 2 aromatic carbocycles. The number of hydrogen-bond donors (Lipinski definition) is 2. The minimum atomic E-state index is -0.162. The van der Waals surface area contributed by atoms with Crippen LogP contribution in [0.25, 0.3) is 0 Å². The highest BCUT2D eigenvalue weighted by atomic mass is 35.5. The van der Waals surface area contributed by atoms with Crippen molar-refractivity contribution in [2.24, 2.45) is 0 Å². The van der Waals surface area contributed by atoms with Gasteiger partial charge in [0.1, 0.15) is 0 Å². The molecule has 0 spiro atoms. The Labute approximate surface area is 154 Å². The molecule has 4 nitrogen and oxygen atoms in total. The van der Waals surface area contributed by atoms with Gasteiger partial charge in [0, 0.05) is 24.1 Å². The third-order valence-corrected chi connectivity index (χ3v) is 4.89. The summed E-state index contributed by atoms with van der Waals surface area (Å²) in [6.07, 6.45) is 0. The van der Waals surface area contributed by atoms with Crippen molar-refractivity contribution in [2.45, 2.75) is 5.75 Å². The third-order valence-electron chi connectivity index (χ3n) is 3.14. The van der Waals surface area contributed by atoms with Gasteiger partial charge < -0.3 is 10.6 Å². The van der Waals surface area contributed by atoms with Crippen LogP contribution in [0.1, 0.15) is 15.9 Å². The van der Waals surface area contributed by atoms with Crippen LogP contribution in [0.15, 0.2) is 42.5 Å². The first-order chi connectivity index (χ1) is 11.5. The summed E-state index contributed by atoms with van der Waals surface area (Å²) in [6, 6.07) is 12.2. The van der Waals surface area contributed by atoms with Gasteiger partial charge in [-0.05, 0) is 42.0 Å². The SMILES string of the molecule is CNC(=O)c1ccc(NC(=O)CSCc2ccc(Cl)c(Cl)c2)cc1. The number of anilines is 1. The highest BCUT2D eigenvalue weighted by Crippen LogP contribution is 2.24. The smallest absolute Gasteiger partial charge is 0.251 e. The molecule has 0 aliphatic carbocycles. The van der Waals surface area contributed by atoms with Crippen molar-refractivity contribution in [1.82, 2.24) is 5.32 Å². The molecule has 2 aromatic rings. The Morgan fingerprint density at radius 2 is 1.75 bits per heavy atom. The number of rotatable bonds is 6. The quantitative estimate of drug-likeness (QED) is 0.785. The zero-order valence-corrected chi connectivity index (χ0v) is 15.3. The molecular weight excluding hydrogens is 367 g/mol. The second-order valence-corrected chi connectivity index (χ2v) is 6.75. The largest absolute Gasteiger partial charge is 0.355 e. The van der Waals surface area contributed by atoms with E-state index in [1.54, 1.807) is 43.4 Å². The van der Waals surface area contributed by atoms with Gasteiger partial charge in [-0.3, -0.25) is 9.59 Å². The summed E-state index contributed by atoms with van der Waals surface area (Å²) in [5.74, 6) is 0.718. The Kier molecular flexibility index (Phi) is 6.97. The molecule has 0 saturated heterocycles. The van der Waals surface area contributed by atoms with Gasteiger partial charge in [0.05, 0.1) is 15.8 Å². The van der Waals surface area contributed by atoms with Gasteiger partial charge in [0.25, 0.3) is 5.91 Å². The number of nitrogens with one attached hydrogen (secondary N) is 2. The van der Waals surface area contributed by atoms with Gasteiger partial charge in [-0.1, -0.05) is 29.3 Å². The predicted molar refractivity (Wildman–Crippen MR) is 101 cm³/mol. The molecule has 2 N–H and O–H groups in total.